The fraction of sp³-hybridized carbons (Fsp3) is 0.182. The maximum Gasteiger partial charge on any atom is 0.266 e. The van der Waals surface area contributed by atoms with E-state index in [9.17, 15) is 14.4 Å². The maximum atomic E-state index is 12.0. The predicted molar refractivity (Wildman–Crippen MR) is 114 cm³/mol. The first kappa shape index (κ1) is 21.3. The minimum Gasteiger partial charge on any atom is -0.484 e. The van der Waals surface area contributed by atoms with Crippen molar-refractivity contribution >= 4 is 23.3 Å². The number of ether oxygens (including phenoxy) is 1. The molecule has 7 nitrogen and oxygen atoms in total. The second-order valence-electron chi connectivity index (χ2n) is 6.51. The van der Waals surface area contributed by atoms with Gasteiger partial charge in [0.1, 0.15) is 5.75 Å². The summed E-state index contributed by atoms with van der Waals surface area (Å²) in [6, 6.07) is 16.8. The van der Waals surface area contributed by atoms with Crippen LogP contribution < -0.4 is 15.6 Å². The molecule has 0 spiro atoms. The first-order valence-corrected chi connectivity index (χ1v) is 9.65. The van der Waals surface area contributed by atoms with Gasteiger partial charge in [0, 0.05) is 28.8 Å². The summed E-state index contributed by atoms with van der Waals surface area (Å²) < 4.78 is 6.69. The predicted octanol–water partition coefficient (Wildman–Crippen LogP) is 2.96. The van der Waals surface area contributed by atoms with Crippen LogP contribution in [0.3, 0.4) is 0 Å². The van der Waals surface area contributed by atoms with Crippen LogP contribution in [-0.2, 0) is 11.3 Å². The van der Waals surface area contributed by atoms with Crippen LogP contribution in [0.4, 0.5) is 0 Å². The number of benzene rings is 2. The third-order valence-electron chi connectivity index (χ3n) is 4.28. The zero-order valence-corrected chi connectivity index (χ0v) is 17.1. The molecule has 0 fully saturated rings. The van der Waals surface area contributed by atoms with Gasteiger partial charge in [-0.3, -0.25) is 14.4 Å². The number of carbonyl (C=O) groups is 2. The van der Waals surface area contributed by atoms with Crippen LogP contribution in [0.2, 0.25) is 5.02 Å². The Kier molecular flexibility index (Phi) is 6.98. The van der Waals surface area contributed by atoms with Crippen molar-refractivity contribution in [1.29, 1.82) is 0 Å². The maximum absolute atomic E-state index is 12.0. The van der Waals surface area contributed by atoms with Crippen LogP contribution in [0.25, 0.3) is 11.3 Å². The molecule has 0 atom stereocenters. The standard InChI is InChI=1S/C22H20ClN3O4/c1-15(27)16-4-8-19(9-5-16)30-14-21(28)24-12-13-26-22(29)11-10-20(25-26)17-2-6-18(23)7-3-17/h2-11H,12-14H2,1H3,(H,24,28). The van der Waals surface area contributed by atoms with Crippen LogP contribution >= 0.6 is 11.6 Å². The van der Waals surface area contributed by atoms with Gasteiger partial charge in [-0.25, -0.2) is 4.68 Å². The lowest BCUT2D eigenvalue weighted by atomic mass is 10.1. The number of carbonyl (C=O) groups excluding carboxylic acids is 2. The Morgan fingerprint density at radius 2 is 1.73 bits per heavy atom. The van der Waals surface area contributed by atoms with E-state index in [0.29, 0.717) is 22.0 Å². The summed E-state index contributed by atoms with van der Waals surface area (Å²) in [5.41, 5.74) is 1.78. The summed E-state index contributed by atoms with van der Waals surface area (Å²) in [4.78, 5) is 35.3. The van der Waals surface area contributed by atoms with Crippen LogP contribution in [0.1, 0.15) is 17.3 Å². The number of rotatable bonds is 8. The highest BCUT2D eigenvalue weighted by molar-refractivity contribution is 6.30. The molecule has 0 bridgehead atoms. The molecule has 3 aromatic rings. The Balaban J connectivity index is 1.51. The average molecular weight is 426 g/mol. The monoisotopic (exact) mass is 425 g/mol. The Hall–Kier alpha value is -3.45. The van der Waals surface area contributed by atoms with Crippen LogP contribution in [0, 0.1) is 0 Å². The van der Waals surface area contributed by atoms with Gasteiger partial charge in [0.25, 0.3) is 11.5 Å². The van der Waals surface area contributed by atoms with Crippen molar-refractivity contribution in [3.63, 3.8) is 0 Å². The van der Waals surface area contributed by atoms with E-state index in [1.54, 1.807) is 42.5 Å². The number of Topliss-reactive ketones (excluding diaryl/α,β-unsaturated/α-hetero) is 1. The van der Waals surface area contributed by atoms with Gasteiger partial charge in [-0.15, -0.1) is 0 Å². The molecule has 2 aromatic carbocycles. The van der Waals surface area contributed by atoms with Crippen molar-refractivity contribution in [2.45, 2.75) is 13.5 Å². The van der Waals surface area contributed by atoms with Crippen molar-refractivity contribution in [2.75, 3.05) is 13.2 Å². The van der Waals surface area contributed by atoms with Crippen LogP contribution in [-0.4, -0.2) is 34.6 Å². The molecule has 0 radical (unpaired) electrons. The van der Waals surface area contributed by atoms with Gasteiger partial charge in [-0.1, -0.05) is 23.7 Å². The summed E-state index contributed by atoms with van der Waals surface area (Å²) in [6.45, 7) is 1.75. The average Bonchev–Trinajstić information content (AvgIpc) is 2.74. The fourth-order valence-electron chi connectivity index (χ4n) is 2.67. The van der Waals surface area contributed by atoms with E-state index < -0.39 is 0 Å². The summed E-state index contributed by atoms with van der Waals surface area (Å²) in [6.07, 6.45) is 0. The number of hydrogen-bond donors (Lipinski definition) is 1. The Morgan fingerprint density at radius 1 is 1.03 bits per heavy atom. The third-order valence-corrected chi connectivity index (χ3v) is 4.54. The van der Waals surface area contributed by atoms with Crippen LogP contribution in [0.15, 0.2) is 65.5 Å². The molecule has 30 heavy (non-hydrogen) atoms. The van der Waals surface area contributed by atoms with Gasteiger partial charge >= 0.3 is 0 Å². The highest BCUT2D eigenvalue weighted by Gasteiger charge is 2.06. The molecule has 1 N–H and O–H groups in total. The van der Waals surface area contributed by atoms with E-state index in [1.807, 2.05) is 12.1 Å². The van der Waals surface area contributed by atoms with Gasteiger partial charge in [0.15, 0.2) is 12.4 Å². The lowest BCUT2D eigenvalue weighted by molar-refractivity contribution is -0.123. The van der Waals surface area contributed by atoms with Gasteiger partial charge in [-0.2, -0.15) is 5.10 Å². The molecule has 0 saturated heterocycles. The minimum atomic E-state index is -0.326. The Bertz CT molecular complexity index is 1090. The second-order valence-corrected chi connectivity index (χ2v) is 6.94. The summed E-state index contributed by atoms with van der Waals surface area (Å²) in [7, 11) is 0. The van der Waals surface area contributed by atoms with Crippen molar-refractivity contribution in [3.8, 4) is 17.0 Å². The van der Waals surface area contributed by atoms with E-state index in [-0.39, 0.29) is 36.9 Å². The fourth-order valence-corrected chi connectivity index (χ4v) is 2.80. The van der Waals surface area contributed by atoms with E-state index in [1.165, 1.54) is 17.7 Å². The summed E-state index contributed by atoms with van der Waals surface area (Å²) in [5.74, 6) is 0.125. The first-order valence-electron chi connectivity index (χ1n) is 9.27. The first-order chi connectivity index (χ1) is 14.4. The number of amides is 1. The molecule has 0 unspecified atom stereocenters. The molecular weight excluding hydrogens is 406 g/mol. The molecule has 0 aliphatic carbocycles. The zero-order chi connectivity index (χ0) is 21.5. The molecule has 0 aliphatic heterocycles. The molecule has 154 valence electrons. The number of aromatic nitrogens is 2. The normalized spacial score (nSPS) is 10.5. The Morgan fingerprint density at radius 3 is 2.40 bits per heavy atom. The van der Waals surface area contributed by atoms with Crippen LogP contribution in [0.5, 0.6) is 5.75 Å². The number of halogens is 1. The summed E-state index contributed by atoms with van der Waals surface area (Å²) >= 11 is 5.90. The molecule has 1 aromatic heterocycles. The largest absolute Gasteiger partial charge is 0.484 e. The van der Waals surface area contributed by atoms with Crippen molar-refractivity contribution in [3.05, 3.63) is 81.6 Å². The molecule has 0 saturated carbocycles. The van der Waals surface area contributed by atoms with E-state index >= 15 is 0 Å². The Labute approximate surface area is 178 Å². The number of ketones is 1. The lowest BCUT2D eigenvalue weighted by Gasteiger charge is -2.10. The molecular formula is C22H20ClN3O4. The number of nitrogens with zero attached hydrogens (tertiary/aromatic N) is 2. The van der Waals surface area contributed by atoms with Crippen molar-refractivity contribution in [1.82, 2.24) is 15.1 Å². The van der Waals surface area contributed by atoms with E-state index in [4.69, 9.17) is 16.3 Å². The quantitative estimate of drug-likeness (QED) is 0.560. The van der Waals surface area contributed by atoms with E-state index in [2.05, 4.69) is 10.4 Å². The molecule has 0 aliphatic rings. The van der Waals surface area contributed by atoms with Crippen molar-refractivity contribution < 1.29 is 14.3 Å². The SMILES string of the molecule is CC(=O)c1ccc(OCC(=O)NCCn2nc(-c3ccc(Cl)cc3)ccc2=O)cc1. The highest BCUT2D eigenvalue weighted by atomic mass is 35.5. The second kappa shape index (κ2) is 9.84. The van der Waals surface area contributed by atoms with Gasteiger partial charge < -0.3 is 10.1 Å². The van der Waals surface area contributed by atoms with Crippen molar-refractivity contribution in [2.24, 2.45) is 0 Å². The molecule has 1 amide bonds. The van der Waals surface area contributed by atoms with Gasteiger partial charge in [0.2, 0.25) is 0 Å². The van der Waals surface area contributed by atoms with Gasteiger partial charge in [-0.05, 0) is 49.4 Å². The zero-order valence-electron chi connectivity index (χ0n) is 16.3. The minimum absolute atomic E-state index is 0.0386. The molecule has 3 rings (SSSR count). The lowest BCUT2D eigenvalue weighted by Crippen LogP contribution is -2.34. The number of hydrogen-bond acceptors (Lipinski definition) is 5. The topological polar surface area (TPSA) is 90.3 Å². The van der Waals surface area contributed by atoms with Gasteiger partial charge in [0.05, 0.1) is 12.2 Å². The smallest absolute Gasteiger partial charge is 0.266 e. The third kappa shape index (κ3) is 5.78. The molecule has 1 heterocycles. The summed E-state index contributed by atoms with van der Waals surface area (Å²) in [5, 5.41) is 7.64. The van der Waals surface area contributed by atoms with E-state index in [0.717, 1.165) is 5.56 Å². The number of nitrogens with one attached hydrogen (secondary N) is 1. The highest BCUT2D eigenvalue weighted by Crippen LogP contribution is 2.18. The molecule has 8 heteroatoms.